The molecule has 0 spiro atoms. The molecule has 0 aliphatic heterocycles. The summed E-state index contributed by atoms with van der Waals surface area (Å²) < 4.78 is 6.16. The Bertz CT molecular complexity index is 1850. The maximum Gasteiger partial charge on any atom is 0.248 e. The number of aromatic nitrogens is 1. The standard InChI is InChI=1S/C40H40N2O3/c43-37(35-18-20-38(40-36(35)19-21-39(44)41-40)45-27-29-12-6-2-7-13-29)26-42(25-28-10-4-1-5-11-28)34-17-16-32-22-30-14-8-3-9-15-31(30)23-33(32)24-34/h1-2,4-7,9-13,15-16,18-21,23,34,37,43H,3,8,14,17,22,24-27H2,(H,41,44)/t34?,37-/m1/s1. The fraction of sp³-hybridized carbons (Fsp3) is 0.275. The molecular formula is C40H40N2O3. The molecule has 0 bridgehead atoms. The zero-order chi connectivity index (χ0) is 30.6. The lowest BCUT2D eigenvalue weighted by Crippen LogP contribution is -2.39. The second-order valence-electron chi connectivity index (χ2n) is 12.5. The summed E-state index contributed by atoms with van der Waals surface area (Å²) in [5.74, 6) is 0.596. The first-order chi connectivity index (χ1) is 22.1. The number of nitrogens with zero attached hydrogens (tertiary/aromatic N) is 1. The van der Waals surface area contributed by atoms with Crippen LogP contribution in [0.4, 0.5) is 0 Å². The van der Waals surface area contributed by atoms with Gasteiger partial charge in [0.05, 0.1) is 11.6 Å². The Hall–Kier alpha value is -4.45. The van der Waals surface area contributed by atoms with E-state index in [1.807, 2.05) is 48.5 Å². The highest BCUT2D eigenvalue weighted by Crippen LogP contribution is 2.40. The SMILES string of the molecule is O=c1ccc2c([C@H](O)CN(Cc3ccccc3)C3CC=C4CC5=C(C=CCCC5)C=C4C3)ccc(OCc3ccccc3)c2[nH]1. The lowest BCUT2D eigenvalue weighted by atomic mass is 9.79. The van der Waals surface area contributed by atoms with E-state index in [1.54, 1.807) is 11.6 Å². The Morgan fingerprint density at radius 3 is 2.56 bits per heavy atom. The average Bonchev–Trinajstić information content (AvgIpc) is 3.31. The number of aliphatic hydroxyl groups excluding tert-OH is 1. The molecule has 0 saturated carbocycles. The summed E-state index contributed by atoms with van der Waals surface area (Å²) in [6.45, 7) is 1.61. The minimum atomic E-state index is -0.755. The predicted octanol–water partition coefficient (Wildman–Crippen LogP) is 8.10. The third kappa shape index (κ3) is 6.65. The van der Waals surface area contributed by atoms with Crippen LogP contribution in [0.2, 0.25) is 0 Å². The first-order valence-electron chi connectivity index (χ1n) is 16.2. The number of hydrogen-bond acceptors (Lipinski definition) is 4. The predicted molar refractivity (Wildman–Crippen MR) is 181 cm³/mol. The van der Waals surface area contributed by atoms with Crippen LogP contribution in [0.25, 0.3) is 10.9 Å². The summed E-state index contributed by atoms with van der Waals surface area (Å²) >= 11 is 0. The Balaban J connectivity index is 1.17. The maximum atomic E-state index is 12.4. The highest BCUT2D eigenvalue weighted by molar-refractivity contribution is 5.87. The van der Waals surface area contributed by atoms with E-state index < -0.39 is 6.10 Å². The van der Waals surface area contributed by atoms with Gasteiger partial charge >= 0.3 is 0 Å². The number of H-pyrrole nitrogens is 1. The quantitative estimate of drug-likeness (QED) is 0.205. The molecule has 3 aromatic carbocycles. The second-order valence-corrected chi connectivity index (χ2v) is 12.5. The molecule has 1 aromatic heterocycles. The van der Waals surface area contributed by atoms with Crippen LogP contribution >= 0.6 is 0 Å². The molecule has 4 aromatic rings. The van der Waals surface area contributed by atoms with Gasteiger partial charge in [-0.1, -0.05) is 96.6 Å². The number of ether oxygens (including phenoxy) is 1. The number of fused-ring (bicyclic) bond motifs is 2. The lowest BCUT2D eigenvalue weighted by molar-refractivity contribution is 0.0812. The molecule has 0 saturated heterocycles. The van der Waals surface area contributed by atoms with Crippen molar-refractivity contribution in [1.82, 2.24) is 9.88 Å². The van der Waals surface area contributed by atoms with Crippen molar-refractivity contribution in [3.8, 4) is 5.75 Å². The molecule has 3 aliphatic rings. The minimum absolute atomic E-state index is 0.197. The molecule has 45 heavy (non-hydrogen) atoms. The van der Waals surface area contributed by atoms with Crippen molar-refractivity contribution in [2.24, 2.45) is 0 Å². The first-order valence-corrected chi connectivity index (χ1v) is 16.2. The van der Waals surface area contributed by atoms with Gasteiger partial charge in [-0.25, -0.2) is 0 Å². The molecule has 5 heteroatoms. The Labute approximate surface area is 264 Å². The molecule has 1 unspecified atom stereocenters. The summed E-state index contributed by atoms with van der Waals surface area (Å²) in [5, 5.41) is 12.7. The van der Waals surface area contributed by atoms with Crippen molar-refractivity contribution in [2.45, 2.75) is 63.8 Å². The number of benzene rings is 3. The van der Waals surface area contributed by atoms with Gasteiger partial charge in [0.1, 0.15) is 12.4 Å². The Kier molecular flexibility index (Phi) is 8.63. The van der Waals surface area contributed by atoms with Crippen LogP contribution in [0.1, 0.15) is 61.3 Å². The fourth-order valence-corrected chi connectivity index (χ4v) is 7.03. The number of rotatable bonds is 9. The number of aromatic amines is 1. The van der Waals surface area contributed by atoms with E-state index in [-0.39, 0.29) is 11.6 Å². The third-order valence-corrected chi connectivity index (χ3v) is 9.43. The number of pyridine rings is 1. The van der Waals surface area contributed by atoms with E-state index in [0.29, 0.717) is 24.4 Å². The van der Waals surface area contributed by atoms with Crippen molar-refractivity contribution in [1.29, 1.82) is 0 Å². The molecule has 0 amide bonds. The zero-order valence-corrected chi connectivity index (χ0v) is 25.6. The first kappa shape index (κ1) is 29.3. The molecule has 0 fully saturated rings. The van der Waals surface area contributed by atoms with Crippen molar-refractivity contribution in [2.75, 3.05) is 6.54 Å². The van der Waals surface area contributed by atoms with Crippen LogP contribution in [0.5, 0.6) is 5.75 Å². The van der Waals surface area contributed by atoms with Gasteiger partial charge in [-0.2, -0.15) is 0 Å². The van der Waals surface area contributed by atoms with Gasteiger partial charge in [0.25, 0.3) is 0 Å². The second kappa shape index (κ2) is 13.3. The van der Waals surface area contributed by atoms with E-state index in [4.69, 9.17) is 4.74 Å². The van der Waals surface area contributed by atoms with Crippen LogP contribution in [0.3, 0.4) is 0 Å². The van der Waals surface area contributed by atoms with E-state index >= 15 is 0 Å². The van der Waals surface area contributed by atoms with Crippen LogP contribution < -0.4 is 10.3 Å². The summed E-state index contributed by atoms with van der Waals surface area (Å²) in [4.78, 5) is 17.8. The summed E-state index contributed by atoms with van der Waals surface area (Å²) in [6.07, 6.45) is 15.3. The number of aliphatic hydroxyl groups is 1. The zero-order valence-electron chi connectivity index (χ0n) is 25.6. The van der Waals surface area contributed by atoms with Crippen molar-refractivity contribution in [3.63, 3.8) is 0 Å². The Morgan fingerprint density at radius 1 is 0.933 bits per heavy atom. The lowest BCUT2D eigenvalue weighted by Gasteiger charge is -2.37. The van der Waals surface area contributed by atoms with Gasteiger partial charge in [-0.15, -0.1) is 0 Å². The number of allylic oxidation sites excluding steroid dienone is 6. The van der Waals surface area contributed by atoms with Crippen LogP contribution in [0, 0.1) is 0 Å². The molecule has 3 aliphatic carbocycles. The molecule has 1 heterocycles. The molecule has 2 atom stereocenters. The highest BCUT2D eigenvalue weighted by Gasteiger charge is 2.29. The van der Waals surface area contributed by atoms with E-state index in [1.165, 1.54) is 41.2 Å². The molecule has 7 rings (SSSR count). The molecule has 228 valence electrons. The smallest absolute Gasteiger partial charge is 0.248 e. The monoisotopic (exact) mass is 596 g/mol. The highest BCUT2D eigenvalue weighted by atomic mass is 16.5. The van der Waals surface area contributed by atoms with E-state index in [2.05, 4.69) is 58.5 Å². The Morgan fingerprint density at radius 2 is 1.73 bits per heavy atom. The van der Waals surface area contributed by atoms with Crippen LogP contribution in [0.15, 0.2) is 136 Å². The average molecular weight is 597 g/mol. The van der Waals surface area contributed by atoms with E-state index in [9.17, 15) is 9.90 Å². The molecule has 0 radical (unpaired) electrons. The van der Waals surface area contributed by atoms with Crippen molar-refractivity contribution < 1.29 is 9.84 Å². The fourth-order valence-electron chi connectivity index (χ4n) is 7.03. The topological polar surface area (TPSA) is 65.6 Å². The maximum absolute atomic E-state index is 12.4. The molecule has 5 nitrogen and oxygen atoms in total. The van der Waals surface area contributed by atoms with Crippen molar-refractivity contribution >= 4 is 10.9 Å². The van der Waals surface area contributed by atoms with Gasteiger partial charge in [-0.3, -0.25) is 9.69 Å². The summed E-state index contributed by atoms with van der Waals surface area (Å²) in [5.41, 5.74) is 9.39. The normalized spacial score (nSPS) is 18.6. The molecule has 2 N–H and O–H groups in total. The molecular weight excluding hydrogens is 556 g/mol. The van der Waals surface area contributed by atoms with Gasteiger partial charge in [0.2, 0.25) is 5.56 Å². The van der Waals surface area contributed by atoms with Crippen LogP contribution in [-0.2, 0) is 13.2 Å². The van der Waals surface area contributed by atoms with Crippen LogP contribution in [-0.4, -0.2) is 27.6 Å². The third-order valence-electron chi connectivity index (χ3n) is 9.43. The number of hydrogen-bond donors (Lipinski definition) is 2. The van der Waals surface area contributed by atoms with Crippen molar-refractivity contribution in [3.05, 3.63) is 159 Å². The summed E-state index contributed by atoms with van der Waals surface area (Å²) in [6, 6.07) is 27.9. The summed E-state index contributed by atoms with van der Waals surface area (Å²) in [7, 11) is 0. The minimum Gasteiger partial charge on any atom is -0.487 e. The van der Waals surface area contributed by atoms with Gasteiger partial charge < -0.3 is 14.8 Å². The van der Waals surface area contributed by atoms with Gasteiger partial charge in [0.15, 0.2) is 0 Å². The van der Waals surface area contributed by atoms with Gasteiger partial charge in [0, 0.05) is 30.6 Å². The van der Waals surface area contributed by atoms with Gasteiger partial charge in [-0.05, 0) is 84.1 Å². The largest absolute Gasteiger partial charge is 0.487 e. The number of nitrogens with one attached hydrogen (secondary N) is 1. The van der Waals surface area contributed by atoms with E-state index in [0.717, 1.165) is 48.7 Å².